The van der Waals surface area contributed by atoms with Crippen molar-refractivity contribution in [3.8, 4) is 0 Å². The van der Waals surface area contributed by atoms with Gasteiger partial charge in [0.1, 0.15) is 0 Å². The van der Waals surface area contributed by atoms with Crippen LogP contribution in [0, 0.1) is 6.92 Å². The molecule has 0 aliphatic carbocycles. The van der Waals surface area contributed by atoms with Crippen LogP contribution < -0.4 is 0 Å². The first kappa shape index (κ1) is 12.7. The number of hydrogen-bond donors (Lipinski definition) is 0. The van der Waals surface area contributed by atoms with Crippen molar-refractivity contribution in [2.45, 2.75) is 11.8 Å². The highest BCUT2D eigenvalue weighted by molar-refractivity contribution is 7.85. The van der Waals surface area contributed by atoms with Crippen molar-refractivity contribution in [1.82, 2.24) is 0 Å². The Kier molecular flexibility index (Phi) is 4.05. The Morgan fingerprint density at radius 2 is 1.61 bits per heavy atom. The first-order valence-corrected chi connectivity index (χ1v) is 7.02. The highest BCUT2D eigenvalue weighted by atomic mass is 32.2. The Morgan fingerprint density at radius 1 is 1.00 bits per heavy atom. The van der Waals surface area contributed by atoms with Gasteiger partial charge in [-0.25, -0.2) is 0 Å². The number of Topliss-reactive ketones (excluding diaryl/α,β-unsaturated/α-hetero) is 1. The summed E-state index contributed by atoms with van der Waals surface area (Å²) in [5.74, 6) is -0.0536. The number of benzene rings is 2. The normalized spacial score (nSPS) is 12.1. The van der Waals surface area contributed by atoms with Crippen molar-refractivity contribution in [2.24, 2.45) is 0 Å². The van der Waals surface area contributed by atoms with Crippen molar-refractivity contribution >= 4 is 16.6 Å². The number of carbonyl (C=O) groups excluding carboxylic acids is 1. The van der Waals surface area contributed by atoms with Crippen LogP contribution in [0.1, 0.15) is 15.9 Å². The van der Waals surface area contributed by atoms with Gasteiger partial charge in [0.05, 0.1) is 16.6 Å². The van der Waals surface area contributed by atoms with Crippen molar-refractivity contribution in [3.05, 3.63) is 65.7 Å². The van der Waals surface area contributed by atoms with Gasteiger partial charge in [-0.3, -0.25) is 9.00 Å². The molecule has 0 saturated heterocycles. The van der Waals surface area contributed by atoms with E-state index in [1.165, 1.54) is 0 Å². The van der Waals surface area contributed by atoms with E-state index in [0.29, 0.717) is 10.5 Å². The highest BCUT2D eigenvalue weighted by Gasteiger charge is 2.11. The van der Waals surface area contributed by atoms with Gasteiger partial charge in [-0.1, -0.05) is 48.0 Å². The van der Waals surface area contributed by atoms with E-state index < -0.39 is 10.8 Å². The van der Waals surface area contributed by atoms with E-state index in [1.54, 1.807) is 12.1 Å². The summed E-state index contributed by atoms with van der Waals surface area (Å²) in [5.41, 5.74) is 1.73. The standard InChI is InChI=1S/C15H14O2S/c1-12-7-9-14(10-8-12)18(17)11-15(16)13-5-3-2-4-6-13/h2-10H,11H2,1H3/t18-/m1/s1. The predicted octanol–water partition coefficient (Wildman–Crippen LogP) is 2.99. The fourth-order valence-corrected chi connectivity index (χ4v) is 2.61. The molecule has 0 spiro atoms. The molecule has 92 valence electrons. The van der Waals surface area contributed by atoms with E-state index >= 15 is 0 Å². The van der Waals surface area contributed by atoms with Crippen molar-refractivity contribution < 1.29 is 9.00 Å². The van der Waals surface area contributed by atoms with Gasteiger partial charge in [0.15, 0.2) is 5.78 Å². The van der Waals surface area contributed by atoms with Crippen LogP contribution in [-0.2, 0) is 10.8 Å². The number of carbonyl (C=O) groups is 1. The number of rotatable bonds is 4. The van der Waals surface area contributed by atoms with Gasteiger partial charge in [-0.15, -0.1) is 0 Å². The second-order valence-electron chi connectivity index (χ2n) is 4.09. The molecular formula is C15H14O2S. The van der Waals surface area contributed by atoms with Crippen LogP contribution in [0.25, 0.3) is 0 Å². The molecule has 0 aromatic heterocycles. The molecule has 0 amide bonds. The summed E-state index contributed by atoms with van der Waals surface area (Å²) >= 11 is 0. The lowest BCUT2D eigenvalue weighted by Crippen LogP contribution is -2.10. The zero-order valence-corrected chi connectivity index (χ0v) is 10.9. The summed E-state index contributed by atoms with van der Waals surface area (Å²) in [6.07, 6.45) is 0. The maximum absolute atomic E-state index is 12.0. The molecule has 2 rings (SSSR count). The van der Waals surface area contributed by atoms with Gasteiger partial charge in [0.2, 0.25) is 0 Å². The van der Waals surface area contributed by atoms with Gasteiger partial charge >= 0.3 is 0 Å². The molecule has 0 aliphatic heterocycles. The lowest BCUT2D eigenvalue weighted by molar-refractivity contribution is 0.102. The van der Waals surface area contributed by atoms with Gasteiger partial charge < -0.3 is 0 Å². The first-order chi connectivity index (χ1) is 8.66. The minimum absolute atomic E-state index is 0.0348. The summed E-state index contributed by atoms with van der Waals surface area (Å²) < 4.78 is 12.0. The lowest BCUT2D eigenvalue weighted by atomic mass is 10.2. The van der Waals surface area contributed by atoms with Crippen molar-refractivity contribution in [2.75, 3.05) is 5.75 Å². The largest absolute Gasteiger partial charge is 0.293 e. The van der Waals surface area contributed by atoms with E-state index in [9.17, 15) is 9.00 Å². The Hall–Kier alpha value is -1.74. The monoisotopic (exact) mass is 258 g/mol. The van der Waals surface area contributed by atoms with Crippen LogP contribution in [0.3, 0.4) is 0 Å². The maximum atomic E-state index is 12.0. The Bertz CT molecular complexity index is 559. The molecule has 0 saturated carbocycles. The van der Waals surface area contributed by atoms with Crippen molar-refractivity contribution in [3.63, 3.8) is 0 Å². The van der Waals surface area contributed by atoms with Gasteiger partial charge in [-0.2, -0.15) is 0 Å². The van der Waals surface area contributed by atoms with Crippen LogP contribution in [0.2, 0.25) is 0 Å². The summed E-state index contributed by atoms with van der Waals surface area (Å²) in [7, 11) is -1.27. The van der Waals surface area contributed by atoms with E-state index in [-0.39, 0.29) is 11.5 Å². The zero-order valence-electron chi connectivity index (χ0n) is 10.1. The molecule has 2 nitrogen and oxygen atoms in total. The average Bonchev–Trinajstić information content (AvgIpc) is 2.40. The van der Waals surface area contributed by atoms with Crippen LogP contribution in [0.4, 0.5) is 0 Å². The second-order valence-corrected chi connectivity index (χ2v) is 5.54. The van der Waals surface area contributed by atoms with Gasteiger partial charge in [0.25, 0.3) is 0 Å². The molecule has 0 unspecified atom stereocenters. The van der Waals surface area contributed by atoms with Gasteiger partial charge in [0, 0.05) is 10.5 Å². The van der Waals surface area contributed by atoms with Crippen LogP contribution in [-0.4, -0.2) is 15.7 Å². The van der Waals surface area contributed by atoms with Gasteiger partial charge in [-0.05, 0) is 19.1 Å². The molecular weight excluding hydrogens is 244 g/mol. The second kappa shape index (κ2) is 5.74. The third-order valence-corrected chi connectivity index (χ3v) is 3.96. The molecule has 0 N–H and O–H groups in total. The molecule has 18 heavy (non-hydrogen) atoms. The molecule has 0 aliphatic rings. The lowest BCUT2D eigenvalue weighted by Gasteiger charge is -2.02. The molecule has 1 atom stereocenters. The SMILES string of the molecule is Cc1ccc([S@](=O)CC(=O)c2ccccc2)cc1. The highest BCUT2D eigenvalue weighted by Crippen LogP contribution is 2.10. The summed E-state index contributed by atoms with van der Waals surface area (Å²) in [6, 6.07) is 16.4. The average molecular weight is 258 g/mol. The fraction of sp³-hybridized carbons (Fsp3) is 0.133. The third kappa shape index (κ3) is 3.14. The van der Waals surface area contributed by atoms with E-state index in [1.807, 2.05) is 49.4 Å². The van der Waals surface area contributed by atoms with Crippen LogP contribution >= 0.6 is 0 Å². The third-order valence-electron chi connectivity index (χ3n) is 2.64. The summed E-state index contributed by atoms with van der Waals surface area (Å²) in [4.78, 5) is 12.6. The molecule has 0 bridgehead atoms. The number of hydrogen-bond acceptors (Lipinski definition) is 2. The quantitative estimate of drug-likeness (QED) is 0.790. The first-order valence-electron chi connectivity index (χ1n) is 5.70. The predicted molar refractivity (Wildman–Crippen MR) is 73.2 cm³/mol. The van der Waals surface area contributed by atoms with Crippen LogP contribution in [0.15, 0.2) is 59.5 Å². The molecule has 2 aromatic carbocycles. The summed E-state index contributed by atoms with van der Waals surface area (Å²) in [6.45, 7) is 1.97. The van der Waals surface area contributed by atoms with E-state index in [2.05, 4.69) is 0 Å². The molecule has 0 radical (unpaired) electrons. The molecule has 0 heterocycles. The van der Waals surface area contributed by atoms with Crippen LogP contribution in [0.5, 0.6) is 0 Å². The topological polar surface area (TPSA) is 34.1 Å². The minimum Gasteiger partial charge on any atom is -0.293 e. The molecule has 0 fully saturated rings. The molecule has 2 aromatic rings. The number of aryl methyl sites for hydroxylation is 1. The Balaban J connectivity index is 2.08. The zero-order chi connectivity index (χ0) is 13.0. The van der Waals surface area contributed by atoms with Crippen molar-refractivity contribution in [1.29, 1.82) is 0 Å². The Labute approximate surface area is 109 Å². The maximum Gasteiger partial charge on any atom is 0.175 e. The minimum atomic E-state index is -1.27. The van der Waals surface area contributed by atoms with E-state index in [4.69, 9.17) is 0 Å². The number of ketones is 1. The summed E-state index contributed by atoms with van der Waals surface area (Å²) in [5, 5.41) is 0. The fourth-order valence-electron chi connectivity index (χ4n) is 1.60. The molecule has 3 heteroatoms. The van der Waals surface area contributed by atoms with E-state index in [0.717, 1.165) is 5.56 Å². The Morgan fingerprint density at radius 3 is 2.22 bits per heavy atom. The smallest absolute Gasteiger partial charge is 0.175 e.